The highest BCUT2D eigenvalue weighted by Gasteiger charge is 2.35. The minimum Gasteiger partial charge on any atom is -0.383 e. The van der Waals surface area contributed by atoms with E-state index in [0.29, 0.717) is 18.5 Å². The summed E-state index contributed by atoms with van der Waals surface area (Å²) in [6.45, 7) is 1.67. The summed E-state index contributed by atoms with van der Waals surface area (Å²) in [7, 11) is -1.97. The molecule has 0 spiro atoms. The molecule has 2 aromatic rings. The summed E-state index contributed by atoms with van der Waals surface area (Å²) < 4.78 is 33.5. The first-order chi connectivity index (χ1) is 11.1. The Kier molecular flexibility index (Phi) is 4.63. The molecule has 0 radical (unpaired) electrons. The second kappa shape index (κ2) is 6.52. The van der Waals surface area contributed by atoms with E-state index < -0.39 is 10.0 Å². The molecule has 124 valence electrons. The number of ether oxygens (including phenoxy) is 1. The van der Waals surface area contributed by atoms with Gasteiger partial charge in [-0.1, -0.05) is 12.1 Å². The van der Waals surface area contributed by atoms with Crippen molar-refractivity contribution in [2.24, 2.45) is 0 Å². The lowest BCUT2D eigenvalue weighted by Gasteiger charge is -2.29. The van der Waals surface area contributed by atoms with Crippen molar-refractivity contribution in [2.45, 2.75) is 23.3 Å². The van der Waals surface area contributed by atoms with Crippen LogP contribution in [0.15, 0.2) is 41.6 Å². The molecule has 1 saturated heterocycles. The molecule has 1 aromatic carbocycles. The van der Waals surface area contributed by atoms with Gasteiger partial charge in [-0.3, -0.25) is 4.98 Å². The van der Waals surface area contributed by atoms with Crippen LogP contribution in [0.25, 0.3) is 10.8 Å². The monoisotopic (exact) mass is 335 g/mol. The van der Waals surface area contributed by atoms with Gasteiger partial charge < -0.3 is 10.1 Å². The van der Waals surface area contributed by atoms with Crippen molar-refractivity contribution in [1.29, 1.82) is 0 Å². The highest BCUT2D eigenvalue weighted by Crippen LogP contribution is 2.23. The highest BCUT2D eigenvalue weighted by atomic mass is 32.2. The number of rotatable bonds is 6. The summed E-state index contributed by atoms with van der Waals surface area (Å²) in [6, 6.07) is 6.93. The average Bonchev–Trinajstić information content (AvgIpc) is 3.02. The normalized spacial score (nSPS) is 21.8. The number of sulfonamides is 1. The maximum absolute atomic E-state index is 12.7. The van der Waals surface area contributed by atoms with Crippen LogP contribution in [0.4, 0.5) is 0 Å². The van der Waals surface area contributed by atoms with Gasteiger partial charge >= 0.3 is 0 Å². The molecule has 0 saturated carbocycles. The molecule has 0 aliphatic carbocycles. The van der Waals surface area contributed by atoms with Crippen molar-refractivity contribution in [2.75, 3.05) is 26.8 Å². The lowest BCUT2D eigenvalue weighted by atomic mass is 9.99. The lowest BCUT2D eigenvalue weighted by Crippen LogP contribution is -2.52. The number of hydrogen-bond donors (Lipinski definition) is 2. The van der Waals surface area contributed by atoms with Gasteiger partial charge in [0.1, 0.15) is 0 Å². The van der Waals surface area contributed by atoms with Crippen LogP contribution >= 0.6 is 0 Å². The third kappa shape index (κ3) is 3.37. The minimum absolute atomic E-state index is 0.281. The van der Waals surface area contributed by atoms with Crippen LogP contribution in [0.2, 0.25) is 0 Å². The van der Waals surface area contributed by atoms with E-state index in [9.17, 15) is 8.42 Å². The van der Waals surface area contributed by atoms with Crippen LogP contribution in [-0.4, -0.2) is 45.7 Å². The molecular formula is C16H21N3O3S. The Morgan fingerprint density at radius 3 is 3.00 bits per heavy atom. The predicted octanol–water partition coefficient (Wildman–Crippen LogP) is 1.28. The third-order valence-electron chi connectivity index (χ3n) is 4.28. The molecule has 0 amide bonds. The quantitative estimate of drug-likeness (QED) is 0.831. The molecule has 6 nitrogen and oxygen atoms in total. The minimum atomic E-state index is -3.60. The molecule has 0 bridgehead atoms. The van der Waals surface area contributed by atoms with E-state index in [4.69, 9.17) is 4.74 Å². The summed E-state index contributed by atoms with van der Waals surface area (Å²) in [4.78, 5) is 4.32. The van der Waals surface area contributed by atoms with E-state index >= 15 is 0 Å². The number of fused-ring (bicyclic) bond motifs is 1. The molecule has 7 heteroatoms. The van der Waals surface area contributed by atoms with Crippen LogP contribution in [-0.2, 0) is 14.8 Å². The maximum atomic E-state index is 12.7. The molecule has 2 N–H and O–H groups in total. The first-order valence-corrected chi connectivity index (χ1v) is 9.11. The number of aromatic nitrogens is 1. The van der Waals surface area contributed by atoms with E-state index in [1.54, 1.807) is 37.7 Å². The van der Waals surface area contributed by atoms with Gasteiger partial charge in [0.2, 0.25) is 10.0 Å². The fourth-order valence-electron chi connectivity index (χ4n) is 3.11. The molecule has 1 atom stereocenters. The lowest BCUT2D eigenvalue weighted by molar-refractivity contribution is 0.122. The van der Waals surface area contributed by atoms with Crippen LogP contribution in [0.1, 0.15) is 12.8 Å². The van der Waals surface area contributed by atoms with Gasteiger partial charge in [-0.15, -0.1) is 0 Å². The fraction of sp³-hybridized carbons (Fsp3) is 0.438. The van der Waals surface area contributed by atoms with Gasteiger partial charge in [0, 0.05) is 36.8 Å². The van der Waals surface area contributed by atoms with E-state index in [1.807, 2.05) is 6.07 Å². The molecule has 1 aliphatic rings. The van der Waals surface area contributed by atoms with Gasteiger partial charge in [0.15, 0.2) is 0 Å². The van der Waals surface area contributed by atoms with E-state index in [-0.39, 0.29) is 10.4 Å². The number of methoxy groups -OCH3 is 1. The average molecular weight is 335 g/mol. The van der Waals surface area contributed by atoms with Gasteiger partial charge in [0.05, 0.1) is 17.0 Å². The standard InChI is InChI=1S/C16H21N3O3S/c1-22-12-16(7-3-8-18-16)11-19-23(20,21)15-5-2-4-13-10-17-9-6-14(13)15/h2,4-6,9-10,18-19H,3,7-8,11-12H2,1H3. The SMILES string of the molecule is COCC1(CNS(=O)(=O)c2cccc3cnccc23)CCCN1. The summed E-state index contributed by atoms with van der Waals surface area (Å²) in [5, 5.41) is 4.85. The second-order valence-corrected chi connectivity index (χ2v) is 7.66. The Hall–Kier alpha value is -1.54. The number of benzene rings is 1. The van der Waals surface area contributed by atoms with Gasteiger partial charge in [-0.05, 0) is 31.5 Å². The van der Waals surface area contributed by atoms with Crippen molar-refractivity contribution in [3.05, 3.63) is 36.7 Å². The summed E-state index contributed by atoms with van der Waals surface area (Å²) >= 11 is 0. The molecular weight excluding hydrogens is 314 g/mol. The summed E-state index contributed by atoms with van der Waals surface area (Å²) in [6.07, 6.45) is 5.18. The Morgan fingerprint density at radius 2 is 2.26 bits per heavy atom. The van der Waals surface area contributed by atoms with Crippen molar-refractivity contribution < 1.29 is 13.2 Å². The highest BCUT2D eigenvalue weighted by molar-refractivity contribution is 7.89. The first kappa shape index (κ1) is 16.3. The second-order valence-electron chi connectivity index (χ2n) is 5.92. The maximum Gasteiger partial charge on any atom is 0.241 e. The zero-order valence-corrected chi connectivity index (χ0v) is 13.9. The Balaban J connectivity index is 1.86. The van der Waals surface area contributed by atoms with Gasteiger partial charge in [0.25, 0.3) is 0 Å². The fourth-order valence-corrected chi connectivity index (χ4v) is 4.46. The summed E-state index contributed by atoms with van der Waals surface area (Å²) in [5.74, 6) is 0. The van der Waals surface area contributed by atoms with Crippen LogP contribution < -0.4 is 10.0 Å². The molecule has 1 unspecified atom stereocenters. The third-order valence-corrected chi connectivity index (χ3v) is 5.74. The molecule has 3 rings (SSSR count). The molecule has 23 heavy (non-hydrogen) atoms. The van der Waals surface area contributed by atoms with Crippen molar-refractivity contribution in [3.63, 3.8) is 0 Å². The Bertz CT molecular complexity index is 781. The number of pyridine rings is 1. The van der Waals surface area contributed by atoms with E-state index in [1.165, 1.54) is 0 Å². The van der Waals surface area contributed by atoms with Crippen LogP contribution in [0.3, 0.4) is 0 Å². The smallest absolute Gasteiger partial charge is 0.241 e. The summed E-state index contributed by atoms with van der Waals surface area (Å²) in [5.41, 5.74) is -0.325. The van der Waals surface area contributed by atoms with E-state index in [0.717, 1.165) is 24.8 Å². The topological polar surface area (TPSA) is 80.3 Å². The van der Waals surface area contributed by atoms with Gasteiger partial charge in [-0.25, -0.2) is 13.1 Å². The zero-order valence-electron chi connectivity index (χ0n) is 13.1. The number of nitrogens with zero attached hydrogens (tertiary/aromatic N) is 1. The molecule has 2 heterocycles. The largest absolute Gasteiger partial charge is 0.383 e. The zero-order chi connectivity index (χ0) is 16.3. The van der Waals surface area contributed by atoms with Crippen molar-refractivity contribution in [1.82, 2.24) is 15.0 Å². The van der Waals surface area contributed by atoms with Crippen molar-refractivity contribution >= 4 is 20.8 Å². The van der Waals surface area contributed by atoms with Crippen LogP contribution in [0, 0.1) is 0 Å². The number of hydrogen-bond acceptors (Lipinski definition) is 5. The van der Waals surface area contributed by atoms with Gasteiger partial charge in [-0.2, -0.15) is 0 Å². The Morgan fingerprint density at radius 1 is 1.39 bits per heavy atom. The molecule has 1 aromatic heterocycles. The number of nitrogens with one attached hydrogen (secondary N) is 2. The van der Waals surface area contributed by atoms with E-state index in [2.05, 4.69) is 15.0 Å². The van der Waals surface area contributed by atoms with Crippen molar-refractivity contribution in [3.8, 4) is 0 Å². The predicted molar refractivity (Wildman–Crippen MR) is 88.8 cm³/mol. The first-order valence-electron chi connectivity index (χ1n) is 7.63. The Labute approximate surface area is 136 Å². The molecule has 1 fully saturated rings. The molecule has 1 aliphatic heterocycles. The van der Waals surface area contributed by atoms with Crippen LogP contribution in [0.5, 0.6) is 0 Å².